The van der Waals surface area contributed by atoms with Crippen LogP contribution in [0.15, 0.2) is 24.4 Å². The molecule has 1 aromatic heterocycles. The van der Waals surface area contributed by atoms with Crippen molar-refractivity contribution < 1.29 is 19.7 Å². The van der Waals surface area contributed by atoms with Crippen molar-refractivity contribution in [3.8, 4) is 0 Å². The van der Waals surface area contributed by atoms with Crippen LogP contribution in [0.3, 0.4) is 0 Å². The number of benzene rings is 1. The summed E-state index contributed by atoms with van der Waals surface area (Å²) in [6.45, 7) is 1.76. The molecule has 0 aliphatic heterocycles. The van der Waals surface area contributed by atoms with Crippen LogP contribution in [0.1, 0.15) is 18.6 Å². The number of hydrogen-bond acceptors (Lipinski definition) is 4. The molecule has 2 aromatic rings. The number of rotatable bonds is 4. The van der Waals surface area contributed by atoms with Gasteiger partial charge in [0.1, 0.15) is 6.10 Å². The minimum Gasteiger partial charge on any atom is -0.464 e. The molecule has 0 radical (unpaired) electrons. The van der Waals surface area contributed by atoms with Gasteiger partial charge in [0.25, 0.3) is 0 Å². The third kappa shape index (κ3) is 2.58. The van der Waals surface area contributed by atoms with Crippen molar-refractivity contribution in [2.75, 3.05) is 6.61 Å². The van der Waals surface area contributed by atoms with Gasteiger partial charge in [0.05, 0.1) is 11.6 Å². The number of nitrogens with one attached hydrogen (secondary N) is 1. The molecule has 0 fully saturated rings. The Kier molecular flexibility index (Phi) is 4.09. The van der Waals surface area contributed by atoms with Gasteiger partial charge in [-0.3, -0.25) is 0 Å². The first-order chi connectivity index (χ1) is 9.06. The third-order valence-electron chi connectivity index (χ3n) is 2.83. The Morgan fingerprint density at radius 2 is 2.21 bits per heavy atom. The second-order valence-electron chi connectivity index (χ2n) is 4.05. The molecule has 19 heavy (non-hydrogen) atoms. The van der Waals surface area contributed by atoms with E-state index in [-0.39, 0.29) is 6.61 Å². The first-order valence-corrected chi connectivity index (χ1v) is 6.22. The quantitative estimate of drug-likeness (QED) is 0.747. The van der Waals surface area contributed by atoms with E-state index in [0.717, 1.165) is 5.52 Å². The van der Waals surface area contributed by atoms with Gasteiger partial charge in [0, 0.05) is 22.7 Å². The number of hydrogen-bond donors (Lipinski definition) is 3. The van der Waals surface area contributed by atoms with E-state index in [0.29, 0.717) is 16.0 Å². The van der Waals surface area contributed by atoms with Gasteiger partial charge in [-0.1, -0.05) is 17.7 Å². The van der Waals surface area contributed by atoms with Gasteiger partial charge in [0.2, 0.25) is 0 Å². The number of ether oxygens (including phenoxy) is 1. The summed E-state index contributed by atoms with van der Waals surface area (Å²) in [5.74, 6) is -0.864. The van der Waals surface area contributed by atoms with Crippen LogP contribution in [0, 0.1) is 0 Å². The third-order valence-corrected chi connectivity index (χ3v) is 3.15. The first-order valence-electron chi connectivity index (χ1n) is 5.84. The average Bonchev–Trinajstić information content (AvgIpc) is 2.82. The van der Waals surface area contributed by atoms with Crippen LogP contribution in [0.25, 0.3) is 10.9 Å². The van der Waals surface area contributed by atoms with Gasteiger partial charge in [-0.25, -0.2) is 4.79 Å². The molecule has 1 heterocycles. The molecule has 0 aliphatic rings. The van der Waals surface area contributed by atoms with E-state index in [1.165, 1.54) is 6.20 Å². The van der Waals surface area contributed by atoms with Crippen LogP contribution < -0.4 is 0 Å². The van der Waals surface area contributed by atoms with Crippen molar-refractivity contribution in [2.45, 2.75) is 19.1 Å². The zero-order valence-electron chi connectivity index (χ0n) is 10.3. The van der Waals surface area contributed by atoms with E-state index in [9.17, 15) is 15.0 Å². The molecular weight excluding hydrogens is 270 g/mol. The highest BCUT2D eigenvalue weighted by atomic mass is 35.5. The van der Waals surface area contributed by atoms with Crippen molar-refractivity contribution in [2.24, 2.45) is 0 Å². The average molecular weight is 284 g/mol. The molecule has 2 atom stereocenters. The van der Waals surface area contributed by atoms with Crippen LogP contribution in [-0.4, -0.2) is 33.9 Å². The molecule has 102 valence electrons. The zero-order valence-corrected chi connectivity index (χ0v) is 11.0. The largest absolute Gasteiger partial charge is 0.464 e. The summed E-state index contributed by atoms with van der Waals surface area (Å²) in [5.41, 5.74) is 1.08. The molecular formula is C13H14ClNO4. The lowest BCUT2D eigenvalue weighted by Gasteiger charge is -2.16. The van der Waals surface area contributed by atoms with Crippen molar-refractivity contribution >= 4 is 28.5 Å². The van der Waals surface area contributed by atoms with Crippen LogP contribution in [0.2, 0.25) is 5.02 Å². The second-order valence-corrected chi connectivity index (χ2v) is 4.46. The normalized spacial score (nSPS) is 14.3. The van der Waals surface area contributed by atoms with E-state index in [1.807, 2.05) is 0 Å². The van der Waals surface area contributed by atoms with Gasteiger partial charge in [-0.15, -0.1) is 0 Å². The lowest BCUT2D eigenvalue weighted by atomic mass is 10.0. The first kappa shape index (κ1) is 13.9. The maximum absolute atomic E-state index is 11.4. The highest BCUT2D eigenvalue weighted by molar-refractivity contribution is 6.35. The highest BCUT2D eigenvalue weighted by Gasteiger charge is 2.29. The molecule has 1 aromatic carbocycles. The SMILES string of the molecule is CCOC(=O)C(O)C(O)c1c[nH]c2cccc(Cl)c12. The Hall–Kier alpha value is -1.56. The number of aliphatic hydroxyl groups excluding tert-OH is 2. The molecule has 0 saturated carbocycles. The Bertz CT molecular complexity index is 595. The van der Waals surface area contributed by atoms with E-state index in [1.54, 1.807) is 25.1 Å². The molecule has 2 unspecified atom stereocenters. The fourth-order valence-electron chi connectivity index (χ4n) is 1.93. The Morgan fingerprint density at radius 3 is 2.89 bits per heavy atom. The van der Waals surface area contributed by atoms with Crippen molar-refractivity contribution in [1.82, 2.24) is 4.98 Å². The lowest BCUT2D eigenvalue weighted by Crippen LogP contribution is -2.29. The van der Waals surface area contributed by atoms with Crippen molar-refractivity contribution in [3.63, 3.8) is 0 Å². The van der Waals surface area contributed by atoms with Crippen LogP contribution in [0.4, 0.5) is 0 Å². The summed E-state index contributed by atoms with van der Waals surface area (Å²) in [5, 5.41) is 20.8. The van der Waals surface area contributed by atoms with E-state index < -0.39 is 18.2 Å². The van der Waals surface area contributed by atoms with E-state index >= 15 is 0 Å². The standard InChI is InChI=1S/C13H14ClNO4/c1-2-19-13(18)12(17)11(16)7-6-15-9-5-3-4-8(14)10(7)9/h3-6,11-12,15-17H,2H2,1H3. The van der Waals surface area contributed by atoms with E-state index in [4.69, 9.17) is 11.6 Å². The molecule has 2 rings (SSSR count). The summed E-state index contributed by atoms with van der Waals surface area (Å²) < 4.78 is 4.67. The maximum atomic E-state index is 11.4. The van der Waals surface area contributed by atoms with E-state index in [2.05, 4.69) is 9.72 Å². The fraction of sp³-hybridized carbons (Fsp3) is 0.308. The maximum Gasteiger partial charge on any atom is 0.338 e. The smallest absolute Gasteiger partial charge is 0.338 e. The van der Waals surface area contributed by atoms with Gasteiger partial charge < -0.3 is 19.9 Å². The topological polar surface area (TPSA) is 82.6 Å². The summed E-state index contributed by atoms with van der Waals surface area (Å²) in [4.78, 5) is 14.4. The number of H-pyrrole nitrogens is 1. The minimum absolute atomic E-state index is 0.136. The number of aliphatic hydroxyl groups is 2. The van der Waals surface area contributed by atoms with Gasteiger partial charge in [-0.05, 0) is 19.1 Å². The molecule has 6 heteroatoms. The molecule has 3 N–H and O–H groups in total. The van der Waals surface area contributed by atoms with Crippen LogP contribution in [-0.2, 0) is 9.53 Å². The molecule has 0 bridgehead atoms. The van der Waals surface area contributed by atoms with Crippen molar-refractivity contribution in [1.29, 1.82) is 0 Å². The number of carbonyl (C=O) groups is 1. The molecule has 0 amide bonds. The number of aromatic nitrogens is 1. The highest BCUT2D eigenvalue weighted by Crippen LogP contribution is 2.31. The summed E-state index contributed by atoms with van der Waals surface area (Å²) >= 11 is 6.06. The minimum atomic E-state index is -1.64. The number of esters is 1. The molecule has 5 nitrogen and oxygen atoms in total. The number of halogens is 1. The lowest BCUT2D eigenvalue weighted by molar-refractivity contribution is -0.159. The van der Waals surface area contributed by atoms with Gasteiger partial charge in [-0.2, -0.15) is 0 Å². The Balaban J connectivity index is 2.36. The Morgan fingerprint density at radius 1 is 1.47 bits per heavy atom. The zero-order chi connectivity index (χ0) is 14.0. The summed E-state index contributed by atoms with van der Waals surface area (Å²) in [7, 11) is 0. The fourth-order valence-corrected chi connectivity index (χ4v) is 2.21. The number of aromatic amines is 1. The second kappa shape index (κ2) is 5.61. The summed E-state index contributed by atoms with van der Waals surface area (Å²) in [6.07, 6.45) is -1.52. The van der Waals surface area contributed by atoms with Crippen LogP contribution >= 0.6 is 11.6 Å². The Labute approximate surface area is 114 Å². The molecule has 0 spiro atoms. The number of fused-ring (bicyclic) bond motifs is 1. The number of carbonyl (C=O) groups excluding carboxylic acids is 1. The van der Waals surface area contributed by atoms with Crippen LogP contribution in [0.5, 0.6) is 0 Å². The molecule has 0 aliphatic carbocycles. The predicted molar refractivity (Wildman–Crippen MR) is 70.9 cm³/mol. The predicted octanol–water partition coefficient (Wildman–Crippen LogP) is 1.78. The van der Waals surface area contributed by atoms with Gasteiger partial charge in [0.15, 0.2) is 6.10 Å². The molecule has 0 saturated heterocycles. The van der Waals surface area contributed by atoms with Crippen molar-refractivity contribution in [3.05, 3.63) is 35.0 Å². The monoisotopic (exact) mass is 283 g/mol. The summed E-state index contributed by atoms with van der Waals surface area (Å²) in [6, 6.07) is 5.22. The van der Waals surface area contributed by atoms with Gasteiger partial charge >= 0.3 is 5.97 Å².